The number of rotatable bonds is 6. The van der Waals surface area contributed by atoms with E-state index in [1.807, 2.05) is 0 Å². The van der Waals surface area contributed by atoms with Crippen LogP contribution in [-0.2, 0) is 21.3 Å². The normalized spacial score (nSPS) is 12.9. The van der Waals surface area contributed by atoms with Crippen LogP contribution < -0.4 is 10.5 Å². The molecule has 1 rings (SSSR count). The summed E-state index contributed by atoms with van der Waals surface area (Å²) >= 11 is 1.37. The Morgan fingerprint density at radius 2 is 2.11 bits per heavy atom. The van der Waals surface area contributed by atoms with Crippen molar-refractivity contribution in [3.8, 4) is 0 Å². The van der Waals surface area contributed by atoms with Gasteiger partial charge in [0.2, 0.25) is 10.0 Å². The Morgan fingerprint density at radius 1 is 1.50 bits per heavy atom. The van der Waals surface area contributed by atoms with Crippen LogP contribution in [0.5, 0.6) is 0 Å². The second-order valence-corrected chi connectivity index (χ2v) is 7.38. The molecule has 1 heterocycles. The molecule has 0 bridgehead atoms. The molecule has 5 nitrogen and oxygen atoms in total. The summed E-state index contributed by atoms with van der Waals surface area (Å²) in [6.07, 6.45) is 0. The fourth-order valence-corrected chi connectivity index (χ4v) is 4.90. The van der Waals surface area contributed by atoms with E-state index in [-0.39, 0.29) is 6.54 Å². The largest absolute Gasteiger partial charge is 0.383 e. The zero-order valence-electron chi connectivity index (χ0n) is 11.1. The number of ether oxygens (including phenoxy) is 1. The molecule has 0 radical (unpaired) electrons. The molecular formula is C11H20N2O3S2. The molecule has 1 aromatic heterocycles. The lowest BCUT2D eigenvalue weighted by atomic mass is 10.1. The van der Waals surface area contributed by atoms with Gasteiger partial charge in [-0.25, -0.2) is 13.1 Å². The quantitative estimate of drug-likeness (QED) is 0.826. The summed E-state index contributed by atoms with van der Waals surface area (Å²) in [4.78, 5) is 0.979. The maximum Gasteiger partial charge on any atom is 0.242 e. The molecule has 0 atom stereocenters. The smallest absolute Gasteiger partial charge is 0.242 e. The lowest BCUT2D eigenvalue weighted by Gasteiger charge is -2.25. The van der Waals surface area contributed by atoms with E-state index >= 15 is 0 Å². The second kappa shape index (κ2) is 5.66. The van der Waals surface area contributed by atoms with Gasteiger partial charge in [0.15, 0.2) is 0 Å². The van der Waals surface area contributed by atoms with E-state index in [2.05, 4.69) is 4.72 Å². The van der Waals surface area contributed by atoms with E-state index in [1.54, 1.807) is 26.2 Å². The van der Waals surface area contributed by atoms with Gasteiger partial charge in [-0.05, 0) is 31.7 Å². The van der Waals surface area contributed by atoms with Gasteiger partial charge in [0.25, 0.3) is 0 Å². The molecule has 0 aliphatic rings. The van der Waals surface area contributed by atoms with E-state index in [0.717, 1.165) is 5.56 Å². The van der Waals surface area contributed by atoms with Crippen molar-refractivity contribution in [1.82, 2.24) is 4.72 Å². The fourth-order valence-electron chi connectivity index (χ4n) is 1.79. The summed E-state index contributed by atoms with van der Waals surface area (Å²) in [5.74, 6) is 0. The van der Waals surface area contributed by atoms with Crippen molar-refractivity contribution < 1.29 is 13.2 Å². The van der Waals surface area contributed by atoms with Crippen molar-refractivity contribution in [2.75, 3.05) is 13.7 Å². The number of thiophene rings is 1. The summed E-state index contributed by atoms with van der Waals surface area (Å²) in [6.45, 7) is 5.84. The third kappa shape index (κ3) is 3.52. The van der Waals surface area contributed by atoms with Crippen LogP contribution in [0.4, 0.5) is 0 Å². The molecule has 1 aromatic rings. The number of hydrogen-bond acceptors (Lipinski definition) is 5. The van der Waals surface area contributed by atoms with Crippen LogP contribution in [0, 0.1) is 6.92 Å². The minimum Gasteiger partial charge on any atom is -0.383 e. The number of methoxy groups -OCH3 is 1. The molecule has 104 valence electrons. The Kier molecular flexibility index (Phi) is 4.90. The highest BCUT2D eigenvalue weighted by Crippen LogP contribution is 2.27. The van der Waals surface area contributed by atoms with Gasteiger partial charge in [0, 0.05) is 18.5 Å². The molecule has 0 saturated heterocycles. The summed E-state index contributed by atoms with van der Waals surface area (Å²) in [7, 11) is -2.03. The molecule has 0 fully saturated rings. The van der Waals surface area contributed by atoms with Crippen molar-refractivity contribution in [3.63, 3.8) is 0 Å². The molecule has 0 aromatic carbocycles. The lowest BCUT2D eigenvalue weighted by Crippen LogP contribution is -2.46. The molecule has 0 unspecified atom stereocenters. The molecular weight excluding hydrogens is 272 g/mol. The van der Waals surface area contributed by atoms with Gasteiger partial charge in [0.1, 0.15) is 4.90 Å². The third-order valence-corrected chi connectivity index (χ3v) is 5.54. The van der Waals surface area contributed by atoms with Crippen LogP contribution in [0.1, 0.15) is 24.3 Å². The van der Waals surface area contributed by atoms with Crippen LogP contribution in [0.3, 0.4) is 0 Å². The second-order valence-electron chi connectivity index (χ2n) is 4.80. The first-order chi connectivity index (χ1) is 8.23. The van der Waals surface area contributed by atoms with Crippen molar-refractivity contribution in [3.05, 3.63) is 15.8 Å². The summed E-state index contributed by atoms with van der Waals surface area (Å²) in [6, 6.07) is 0. The average Bonchev–Trinajstić information content (AvgIpc) is 2.58. The predicted molar refractivity (Wildman–Crippen MR) is 73.2 cm³/mol. The molecule has 18 heavy (non-hydrogen) atoms. The minimum atomic E-state index is -3.57. The Morgan fingerprint density at radius 3 is 2.61 bits per heavy atom. The Hall–Kier alpha value is -0.470. The Labute approximate surface area is 112 Å². The Bertz CT molecular complexity index is 506. The third-order valence-electron chi connectivity index (χ3n) is 2.36. The number of aryl methyl sites for hydroxylation is 1. The maximum atomic E-state index is 12.4. The summed E-state index contributed by atoms with van der Waals surface area (Å²) in [5.41, 5.74) is 5.64. The van der Waals surface area contributed by atoms with Crippen molar-refractivity contribution in [2.24, 2.45) is 5.73 Å². The van der Waals surface area contributed by atoms with Crippen LogP contribution in [0.2, 0.25) is 0 Å². The first kappa shape index (κ1) is 15.6. The highest BCUT2D eigenvalue weighted by atomic mass is 32.2. The van der Waals surface area contributed by atoms with Crippen molar-refractivity contribution in [1.29, 1.82) is 0 Å². The standard InChI is InChI=1S/C11H20N2O3S2/c1-8-6-17-9(5-12)10(8)18(14,15)13-11(2,3)7-16-4/h6,13H,5,7,12H2,1-4H3. The predicted octanol–water partition coefficient (Wildman–Crippen LogP) is 1.22. The maximum absolute atomic E-state index is 12.4. The number of hydrogen-bond donors (Lipinski definition) is 2. The first-order valence-electron chi connectivity index (χ1n) is 5.53. The number of sulfonamides is 1. The van der Waals surface area contributed by atoms with Gasteiger partial charge in [-0.3, -0.25) is 0 Å². The molecule has 0 spiro atoms. The van der Waals surface area contributed by atoms with Gasteiger partial charge < -0.3 is 10.5 Å². The summed E-state index contributed by atoms with van der Waals surface area (Å²) in [5, 5.41) is 1.81. The van der Waals surface area contributed by atoms with E-state index in [4.69, 9.17) is 10.5 Å². The van der Waals surface area contributed by atoms with Gasteiger partial charge in [-0.15, -0.1) is 11.3 Å². The SMILES string of the molecule is COCC(C)(C)NS(=O)(=O)c1c(C)csc1CN. The van der Waals surface area contributed by atoms with Crippen LogP contribution in [0.25, 0.3) is 0 Å². The average molecular weight is 292 g/mol. The van der Waals surface area contributed by atoms with Gasteiger partial charge in [-0.1, -0.05) is 0 Å². The molecule has 0 amide bonds. The van der Waals surface area contributed by atoms with Crippen molar-refractivity contribution in [2.45, 2.75) is 37.8 Å². The zero-order chi connectivity index (χ0) is 14.0. The van der Waals surface area contributed by atoms with E-state index in [9.17, 15) is 8.42 Å². The molecule has 0 aliphatic carbocycles. The van der Waals surface area contributed by atoms with E-state index in [0.29, 0.717) is 16.4 Å². The molecule has 0 aliphatic heterocycles. The topological polar surface area (TPSA) is 81.4 Å². The minimum absolute atomic E-state index is 0.222. The Balaban J connectivity index is 3.11. The monoisotopic (exact) mass is 292 g/mol. The lowest BCUT2D eigenvalue weighted by molar-refractivity contribution is 0.141. The first-order valence-corrected chi connectivity index (χ1v) is 7.90. The van der Waals surface area contributed by atoms with Gasteiger partial charge in [0.05, 0.1) is 12.1 Å². The van der Waals surface area contributed by atoms with Crippen LogP contribution >= 0.6 is 11.3 Å². The highest BCUT2D eigenvalue weighted by Gasteiger charge is 2.29. The van der Waals surface area contributed by atoms with Crippen molar-refractivity contribution >= 4 is 21.4 Å². The zero-order valence-corrected chi connectivity index (χ0v) is 12.7. The number of nitrogens with two attached hydrogens (primary N) is 1. The number of nitrogens with one attached hydrogen (secondary N) is 1. The fraction of sp³-hybridized carbons (Fsp3) is 0.636. The molecule has 0 saturated carbocycles. The van der Waals surface area contributed by atoms with E-state index < -0.39 is 15.6 Å². The van der Waals surface area contributed by atoms with Gasteiger partial charge >= 0.3 is 0 Å². The summed E-state index contributed by atoms with van der Waals surface area (Å²) < 4.78 is 32.4. The van der Waals surface area contributed by atoms with E-state index in [1.165, 1.54) is 18.4 Å². The molecule has 3 N–H and O–H groups in total. The highest BCUT2D eigenvalue weighted by molar-refractivity contribution is 7.89. The molecule has 7 heteroatoms. The van der Waals surface area contributed by atoms with Gasteiger partial charge in [-0.2, -0.15) is 0 Å². The van der Waals surface area contributed by atoms with Crippen LogP contribution in [-0.4, -0.2) is 27.7 Å². The van der Waals surface area contributed by atoms with Crippen LogP contribution in [0.15, 0.2) is 10.3 Å².